The number of carbonyl (C=O) groups is 2. The fourth-order valence-corrected chi connectivity index (χ4v) is 2.38. The summed E-state index contributed by atoms with van der Waals surface area (Å²) >= 11 is 0. The van der Waals surface area contributed by atoms with Gasteiger partial charge in [-0.1, -0.05) is 27.7 Å². The molecule has 0 spiro atoms. The summed E-state index contributed by atoms with van der Waals surface area (Å²) in [4.78, 5) is 26.9. The zero-order chi connectivity index (χ0) is 25.8. The number of hydrogen-bond donors (Lipinski definition) is 2. The molecular weight excluding hydrogens is 479 g/mol. The third-order valence-corrected chi connectivity index (χ3v) is 6.10. The van der Waals surface area contributed by atoms with Crippen molar-refractivity contribution in [1.82, 2.24) is 4.90 Å². The maximum Gasteiger partial charge on any atom is 0.311 e. The highest BCUT2D eigenvalue weighted by atomic mass is 35.5. The van der Waals surface area contributed by atoms with E-state index in [9.17, 15) is 9.59 Å². The number of halogens is 2. The summed E-state index contributed by atoms with van der Waals surface area (Å²) < 4.78 is 10.5. The molecule has 0 rings (SSSR count). The summed E-state index contributed by atoms with van der Waals surface area (Å²) in [6, 6.07) is 0. The first-order chi connectivity index (χ1) is 14.9. The summed E-state index contributed by atoms with van der Waals surface area (Å²) in [6.45, 7) is 27.2. The van der Waals surface area contributed by atoms with Crippen molar-refractivity contribution in [3.05, 3.63) is 0 Å². The summed E-state index contributed by atoms with van der Waals surface area (Å²) in [7, 11) is 1.00. The van der Waals surface area contributed by atoms with Crippen LogP contribution < -0.4 is 17.3 Å². The lowest BCUT2D eigenvalue weighted by molar-refractivity contribution is -0.896. The molecule has 34 heavy (non-hydrogen) atoms. The second kappa shape index (κ2) is 25.5. The van der Waals surface area contributed by atoms with Gasteiger partial charge < -0.3 is 36.8 Å². The van der Waals surface area contributed by atoms with Crippen LogP contribution in [-0.2, 0) is 19.1 Å². The molecule has 0 unspecified atom stereocenters. The van der Waals surface area contributed by atoms with Crippen molar-refractivity contribution >= 4 is 24.3 Å². The van der Waals surface area contributed by atoms with Crippen LogP contribution >= 0.6 is 12.4 Å². The molecule has 0 saturated heterocycles. The van der Waals surface area contributed by atoms with Gasteiger partial charge in [0.05, 0.1) is 23.9 Å². The van der Waals surface area contributed by atoms with Crippen LogP contribution in [0.1, 0.15) is 82.1 Å². The molecule has 0 bridgehead atoms. The largest absolute Gasteiger partial charge is 1.00 e. The van der Waals surface area contributed by atoms with Gasteiger partial charge in [0.1, 0.15) is 19.8 Å². The fraction of sp³-hybridized carbons (Fsp3) is 0.920. The van der Waals surface area contributed by atoms with Crippen LogP contribution in [0, 0.1) is 10.8 Å². The quantitative estimate of drug-likeness (QED) is 0.310. The zero-order valence-electron chi connectivity index (χ0n) is 23.9. The van der Waals surface area contributed by atoms with Gasteiger partial charge in [-0.15, -0.1) is 12.4 Å². The lowest BCUT2D eigenvalue weighted by atomic mass is 9.91. The van der Waals surface area contributed by atoms with Gasteiger partial charge in [0.15, 0.2) is 0 Å². The number of esters is 2. The summed E-state index contributed by atoms with van der Waals surface area (Å²) in [5.41, 5.74) is -0.679. The van der Waals surface area contributed by atoms with E-state index in [1.54, 1.807) is 0 Å². The first-order valence-corrected chi connectivity index (χ1v) is 12.3. The van der Waals surface area contributed by atoms with E-state index >= 15 is 0 Å². The van der Waals surface area contributed by atoms with Crippen molar-refractivity contribution in [1.29, 1.82) is 0 Å². The molecule has 0 aromatic heterocycles. The van der Waals surface area contributed by atoms with E-state index in [4.69, 9.17) is 14.6 Å². The van der Waals surface area contributed by atoms with Gasteiger partial charge in [0.2, 0.25) is 0 Å². The number of aliphatic hydroxyl groups is 1. The maximum atomic E-state index is 11.6. The number of rotatable bonds is 14. The van der Waals surface area contributed by atoms with Crippen molar-refractivity contribution in [3.8, 4) is 0 Å². The minimum atomic E-state index is -0.344. The predicted molar refractivity (Wildman–Crippen MR) is 140 cm³/mol. The normalized spacial score (nSPS) is 10.6. The first kappa shape index (κ1) is 43.5. The average Bonchev–Trinajstić information content (AvgIpc) is 2.80. The van der Waals surface area contributed by atoms with Crippen molar-refractivity contribution in [3.63, 3.8) is 0 Å². The molecule has 0 aromatic rings. The van der Waals surface area contributed by atoms with E-state index in [-0.39, 0.29) is 47.6 Å². The third kappa shape index (κ3) is 20.7. The minimum absolute atomic E-state index is 0. The Kier molecular flexibility index (Phi) is 32.6. The Balaban J connectivity index is -0.000000145. The molecule has 0 aliphatic carbocycles. The van der Waals surface area contributed by atoms with Crippen LogP contribution in [0.5, 0.6) is 0 Å². The number of ether oxygens (including phenoxy) is 2. The van der Waals surface area contributed by atoms with Gasteiger partial charge >= 0.3 is 11.9 Å². The minimum Gasteiger partial charge on any atom is -1.00 e. The third-order valence-electron chi connectivity index (χ3n) is 6.10. The van der Waals surface area contributed by atoms with Crippen molar-refractivity contribution in [2.24, 2.45) is 10.8 Å². The number of nitrogens with zero attached hydrogens (tertiary/aromatic N) is 1. The molecule has 0 aromatic carbocycles. The standard InChI is InChI=1S/2C12H25NO2.CH4O.2ClH/c2*1-6-12(4,5)11(14)15-10-9-13(7-2)8-3;1-2;;/h2*6-10H2,1-5H3;2H,1H3;2*1H. The molecule has 0 fully saturated rings. The molecule has 0 aliphatic heterocycles. The van der Waals surface area contributed by atoms with Gasteiger partial charge in [0.25, 0.3) is 0 Å². The fourth-order valence-electron chi connectivity index (χ4n) is 2.38. The number of aliphatic hydroxyl groups excluding tert-OH is 1. The van der Waals surface area contributed by atoms with Crippen LogP contribution in [0.15, 0.2) is 0 Å². The highest BCUT2D eigenvalue weighted by Gasteiger charge is 2.27. The van der Waals surface area contributed by atoms with Gasteiger partial charge in [-0.2, -0.15) is 0 Å². The van der Waals surface area contributed by atoms with Crippen molar-refractivity contribution < 1.29 is 41.5 Å². The molecule has 2 N–H and O–H groups in total. The molecule has 0 atom stereocenters. The highest BCUT2D eigenvalue weighted by Crippen LogP contribution is 2.21. The molecule has 0 aliphatic rings. The van der Waals surface area contributed by atoms with Gasteiger partial charge in [-0.25, -0.2) is 0 Å². The number of hydrogen-bond acceptors (Lipinski definition) is 6. The van der Waals surface area contributed by atoms with Crippen LogP contribution in [-0.4, -0.2) is 81.5 Å². The smallest absolute Gasteiger partial charge is 0.311 e. The lowest BCUT2D eigenvalue weighted by Crippen LogP contribution is -3.11. The van der Waals surface area contributed by atoms with E-state index < -0.39 is 0 Å². The molecule has 7 nitrogen and oxygen atoms in total. The number of likely N-dealkylation sites (N-methyl/N-ethyl adjacent to an activating group) is 2. The Bertz CT molecular complexity index is 428. The van der Waals surface area contributed by atoms with E-state index in [1.807, 2.05) is 41.5 Å². The van der Waals surface area contributed by atoms with E-state index in [1.165, 1.54) is 4.90 Å². The number of carbonyl (C=O) groups excluding carboxylic acids is 2. The monoisotopic (exact) mass is 534 g/mol. The number of quaternary nitrogens is 1. The Morgan fingerprint density at radius 2 is 1.12 bits per heavy atom. The van der Waals surface area contributed by atoms with Crippen molar-refractivity contribution in [2.75, 3.05) is 59.6 Å². The Morgan fingerprint density at radius 1 is 0.765 bits per heavy atom. The van der Waals surface area contributed by atoms with Gasteiger partial charge in [-0.3, -0.25) is 9.59 Å². The predicted octanol–water partition coefficient (Wildman–Crippen LogP) is 0.232. The summed E-state index contributed by atoms with van der Waals surface area (Å²) in [5.74, 6) is -0.159. The maximum absolute atomic E-state index is 11.6. The lowest BCUT2D eigenvalue weighted by Gasteiger charge is -2.22. The zero-order valence-corrected chi connectivity index (χ0v) is 25.5. The molecule has 0 radical (unpaired) electrons. The molecular formula is C25H56Cl2N2O5. The van der Waals surface area contributed by atoms with Crippen LogP contribution in [0.3, 0.4) is 0 Å². The van der Waals surface area contributed by atoms with Gasteiger partial charge in [-0.05, 0) is 67.5 Å². The summed E-state index contributed by atoms with van der Waals surface area (Å²) in [6.07, 6.45) is 1.64. The Hall–Kier alpha value is -0.600. The average molecular weight is 536 g/mol. The molecule has 0 heterocycles. The van der Waals surface area contributed by atoms with Gasteiger partial charge in [0, 0.05) is 13.7 Å². The molecule has 0 saturated carbocycles. The summed E-state index contributed by atoms with van der Waals surface area (Å²) in [5, 5.41) is 7.00. The Labute approximate surface area is 223 Å². The van der Waals surface area contributed by atoms with E-state index in [0.29, 0.717) is 13.2 Å². The van der Waals surface area contributed by atoms with E-state index in [0.717, 1.165) is 59.2 Å². The molecule has 0 amide bonds. The highest BCUT2D eigenvalue weighted by molar-refractivity contribution is 5.85. The van der Waals surface area contributed by atoms with E-state index in [2.05, 4.69) is 32.6 Å². The molecule has 9 heteroatoms. The number of nitrogens with one attached hydrogen (secondary N) is 1. The van der Waals surface area contributed by atoms with Crippen LogP contribution in [0.25, 0.3) is 0 Å². The van der Waals surface area contributed by atoms with Crippen molar-refractivity contribution in [2.45, 2.75) is 82.1 Å². The second-order valence-electron chi connectivity index (χ2n) is 8.98. The van der Waals surface area contributed by atoms with Crippen LogP contribution in [0.2, 0.25) is 0 Å². The molecule has 210 valence electrons. The van der Waals surface area contributed by atoms with Crippen LogP contribution in [0.4, 0.5) is 0 Å². The Morgan fingerprint density at radius 3 is 1.41 bits per heavy atom. The topological polar surface area (TPSA) is 80.5 Å². The second-order valence-corrected chi connectivity index (χ2v) is 8.98. The first-order valence-electron chi connectivity index (χ1n) is 12.3. The SMILES string of the molecule is CCN(CC)CCOC(=O)C(C)(C)CC.CC[NH+](CC)CCOC(=O)C(C)(C)CC.CO.Cl.[Cl-].